The summed E-state index contributed by atoms with van der Waals surface area (Å²) in [4.78, 5) is 16.6. The van der Waals surface area contributed by atoms with Crippen LogP contribution >= 0.6 is 11.3 Å². The zero-order chi connectivity index (χ0) is 11.4. The Morgan fingerprint density at radius 1 is 1.44 bits per heavy atom. The van der Waals surface area contributed by atoms with Crippen LogP contribution in [-0.2, 0) is 0 Å². The maximum atomic E-state index is 11.8. The number of carbonyl (C=O) groups is 1. The minimum absolute atomic E-state index is 0.0522. The van der Waals surface area contributed by atoms with Crippen molar-refractivity contribution in [3.8, 4) is 0 Å². The van der Waals surface area contributed by atoms with E-state index in [1.54, 1.807) is 24.5 Å². The van der Waals surface area contributed by atoms with Crippen LogP contribution in [0, 0.1) is 6.92 Å². The fourth-order valence-electron chi connectivity index (χ4n) is 1.35. The molecule has 2 nitrogen and oxygen atoms in total. The SMILES string of the molecule is Cc1ccsc1C(=O)/C=C/c1cccnc1. The van der Waals surface area contributed by atoms with Crippen LogP contribution in [0.3, 0.4) is 0 Å². The molecule has 0 saturated heterocycles. The fourth-order valence-corrected chi connectivity index (χ4v) is 2.19. The molecule has 2 aromatic rings. The number of allylic oxidation sites excluding steroid dienone is 1. The molecule has 0 unspecified atom stereocenters. The Morgan fingerprint density at radius 3 is 2.94 bits per heavy atom. The lowest BCUT2D eigenvalue weighted by molar-refractivity contribution is 0.105. The number of hydrogen-bond donors (Lipinski definition) is 0. The van der Waals surface area contributed by atoms with Gasteiger partial charge in [-0.3, -0.25) is 9.78 Å². The van der Waals surface area contributed by atoms with Gasteiger partial charge in [0.2, 0.25) is 0 Å². The Hall–Kier alpha value is -1.74. The summed E-state index contributed by atoms with van der Waals surface area (Å²) in [5, 5.41) is 1.93. The Balaban J connectivity index is 2.15. The van der Waals surface area contributed by atoms with E-state index in [1.807, 2.05) is 30.5 Å². The van der Waals surface area contributed by atoms with Crippen molar-refractivity contribution in [1.29, 1.82) is 0 Å². The molecular weight excluding hydrogens is 218 g/mol. The second-order valence-electron chi connectivity index (χ2n) is 3.42. The van der Waals surface area contributed by atoms with E-state index in [4.69, 9.17) is 0 Å². The quantitative estimate of drug-likeness (QED) is 0.596. The minimum atomic E-state index is 0.0522. The average molecular weight is 229 g/mol. The van der Waals surface area contributed by atoms with Gasteiger partial charge in [-0.05, 0) is 47.7 Å². The smallest absolute Gasteiger partial charge is 0.196 e. The summed E-state index contributed by atoms with van der Waals surface area (Å²) < 4.78 is 0. The van der Waals surface area contributed by atoms with Crippen molar-refractivity contribution in [3.63, 3.8) is 0 Å². The Morgan fingerprint density at radius 2 is 2.31 bits per heavy atom. The topological polar surface area (TPSA) is 30.0 Å². The van der Waals surface area contributed by atoms with E-state index in [1.165, 1.54) is 11.3 Å². The molecule has 0 spiro atoms. The lowest BCUT2D eigenvalue weighted by Gasteiger charge is -1.93. The van der Waals surface area contributed by atoms with Gasteiger partial charge in [0.25, 0.3) is 0 Å². The van der Waals surface area contributed by atoms with E-state index in [0.29, 0.717) is 0 Å². The van der Waals surface area contributed by atoms with Crippen molar-refractivity contribution in [2.45, 2.75) is 6.92 Å². The lowest BCUT2D eigenvalue weighted by atomic mass is 10.2. The Kier molecular flexibility index (Phi) is 3.27. The molecule has 0 atom stereocenters. The number of nitrogens with zero attached hydrogens (tertiary/aromatic N) is 1. The summed E-state index contributed by atoms with van der Waals surface area (Å²) in [6, 6.07) is 5.72. The van der Waals surface area contributed by atoms with Crippen molar-refractivity contribution in [2.75, 3.05) is 0 Å². The minimum Gasteiger partial charge on any atom is -0.288 e. The number of thiophene rings is 1. The van der Waals surface area contributed by atoms with Gasteiger partial charge >= 0.3 is 0 Å². The van der Waals surface area contributed by atoms with E-state index < -0.39 is 0 Å². The summed E-state index contributed by atoms with van der Waals surface area (Å²) in [6.45, 7) is 1.95. The molecule has 0 aliphatic carbocycles. The summed E-state index contributed by atoms with van der Waals surface area (Å²) in [7, 11) is 0. The number of ketones is 1. The van der Waals surface area contributed by atoms with Crippen molar-refractivity contribution in [1.82, 2.24) is 4.98 Å². The van der Waals surface area contributed by atoms with Gasteiger partial charge < -0.3 is 0 Å². The van der Waals surface area contributed by atoms with Gasteiger partial charge in [-0.25, -0.2) is 0 Å². The van der Waals surface area contributed by atoms with Crippen LogP contribution in [-0.4, -0.2) is 10.8 Å². The van der Waals surface area contributed by atoms with E-state index in [9.17, 15) is 4.79 Å². The molecule has 0 fully saturated rings. The number of aryl methyl sites for hydroxylation is 1. The molecule has 0 aliphatic heterocycles. The molecule has 16 heavy (non-hydrogen) atoms. The standard InChI is InChI=1S/C13H11NOS/c1-10-6-8-16-13(10)12(15)5-4-11-3-2-7-14-9-11/h2-9H,1H3/b5-4+. The molecule has 80 valence electrons. The first-order chi connectivity index (χ1) is 7.77. The molecule has 3 heteroatoms. The fraction of sp³-hybridized carbons (Fsp3) is 0.0769. The van der Waals surface area contributed by atoms with Crippen LogP contribution in [0.15, 0.2) is 42.0 Å². The molecule has 0 saturated carbocycles. The first kappa shape index (κ1) is 10.8. The third-order valence-corrected chi connectivity index (χ3v) is 3.23. The molecule has 0 aromatic carbocycles. The van der Waals surface area contributed by atoms with Crippen molar-refractivity contribution in [2.24, 2.45) is 0 Å². The molecule has 0 N–H and O–H groups in total. The number of carbonyl (C=O) groups excluding carboxylic acids is 1. The van der Waals surface area contributed by atoms with Crippen molar-refractivity contribution in [3.05, 3.63) is 58.1 Å². The molecule has 0 radical (unpaired) electrons. The van der Waals surface area contributed by atoms with Gasteiger partial charge in [-0.2, -0.15) is 0 Å². The van der Waals surface area contributed by atoms with E-state index >= 15 is 0 Å². The van der Waals surface area contributed by atoms with Gasteiger partial charge in [0, 0.05) is 12.4 Å². The predicted molar refractivity (Wildman–Crippen MR) is 66.7 cm³/mol. The van der Waals surface area contributed by atoms with E-state index in [0.717, 1.165) is 16.0 Å². The molecule has 2 rings (SSSR count). The largest absolute Gasteiger partial charge is 0.288 e. The Labute approximate surface area is 98.3 Å². The highest BCUT2D eigenvalue weighted by Gasteiger charge is 2.06. The van der Waals surface area contributed by atoms with Crippen LogP contribution in [0.25, 0.3) is 6.08 Å². The van der Waals surface area contributed by atoms with Crippen LogP contribution in [0.4, 0.5) is 0 Å². The summed E-state index contributed by atoms with van der Waals surface area (Å²) in [6.07, 6.45) is 6.82. The summed E-state index contributed by atoms with van der Waals surface area (Å²) in [5.74, 6) is 0.0522. The van der Waals surface area contributed by atoms with Crippen molar-refractivity contribution >= 4 is 23.2 Å². The van der Waals surface area contributed by atoms with Gasteiger partial charge in [0.05, 0.1) is 4.88 Å². The first-order valence-corrected chi connectivity index (χ1v) is 5.82. The maximum Gasteiger partial charge on any atom is 0.196 e. The summed E-state index contributed by atoms with van der Waals surface area (Å²) >= 11 is 1.48. The molecule has 0 bridgehead atoms. The monoisotopic (exact) mass is 229 g/mol. The second-order valence-corrected chi connectivity index (χ2v) is 4.33. The third-order valence-electron chi connectivity index (χ3n) is 2.20. The van der Waals surface area contributed by atoms with Gasteiger partial charge in [0.15, 0.2) is 5.78 Å². The lowest BCUT2D eigenvalue weighted by Crippen LogP contribution is -1.92. The van der Waals surface area contributed by atoms with Gasteiger partial charge in [0.1, 0.15) is 0 Å². The predicted octanol–water partition coefficient (Wildman–Crippen LogP) is 3.35. The number of rotatable bonds is 3. The zero-order valence-electron chi connectivity index (χ0n) is 8.88. The highest BCUT2D eigenvalue weighted by atomic mass is 32.1. The highest BCUT2D eigenvalue weighted by Crippen LogP contribution is 2.17. The molecule has 0 amide bonds. The molecule has 2 heterocycles. The Bertz CT molecular complexity index is 514. The number of hydrogen-bond acceptors (Lipinski definition) is 3. The van der Waals surface area contributed by atoms with Crippen LogP contribution < -0.4 is 0 Å². The number of pyridine rings is 1. The van der Waals surface area contributed by atoms with E-state index in [-0.39, 0.29) is 5.78 Å². The third kappa shape index (κ3) is 2.44. The first-order valence-electron chi connectivity index (χ1n) is 4.94. The van der Waals surface area contributed by atoms with Gasteiger partial charge in [-0.15, -0.1) is 11.3 Å². The number of aromatic nitrogens is 1. The maximum absolute atomic E-state index is 11.8. The van der Waals surface area contributed by atoms with Crippen molar-refractivity contribution < 1.29 is 4.79 Å². The van der Waals surface area contributed by atoms with E-state index in [2.05, 4.69) is 4.98 Å². The van der Waals surface area contributed by atoms with Crippen LogP contribution in [0.2, 0.25) is 0 Å². The average Bonchev–Trinajstić information content (AvgIpc) is 2.74. The zero-order valence-corrected chi connectivity index (χ0v) is 9.70. The second kappa shape index (κ2) is 4.86. The molecule has 2 aromatic heterocycles. The molecular formula is C13H11NOS. The van der Waals surface area contributed by atoms with Gasteiger partial charge in [-0.1, -0.05) is 6.07 Å². The molecule has 0 aliphatic rings. The normalized spacial score (nSPS) is 10.8. The highest BCUT2D eigenvalue weighted by molar-refractivity contribution is 7.12. The van der Waals surface area contributed by atoms with Crippen LogP contribution in [0.5, 0.6) is 0 Å². The van der Waals surface area contributed by atoms with Crippen LogP contribution in [0.1, 0.15) is 20.8 Å². The summed E-state index contributed by atoms with van der Waals surface area (Å²) in [5.41, 5.74) is 1.97.